The largest absolute Gasteiger partial charge is 0.372 e. The van der Waals surface area contributed by atoms with Crippen molar-refractivity contribution in [2.75, 3.05) is 19.4 Å². The first-order valence-corrected chi connectivity index (χ1v) is 7.84. The Kier molecular flexibility index (Phi) is 4.10. The van der Waals surface area contributed by atoms with Crippen LogP contribution >= 0.6 is 0 Å². The maximum atomic E-state index is 12.5. The van der Waals surface area contributed by atoms with E-state index in [9.17, 15) is 4.79 Å². The lowest BCUT2D eigenvalue weighted by atomic mass is 9.82. The Morgan fingerprint density at radius 3 is 2.71 bits per heavy atom. The fourth-order valence-corrected chi connectivity index (χ4v) is 3.78. The molecule has 3 heterocycles. The lowest BCUT2D eigenvalue weighted by molar-refractivity contribution is 0.0463. The molecule has 2 saturated heterocycles. The monoisotopic (exact) mass is 288 g/mol. The van der Waals surface area contributed by atoms with Crippen LogP contribution in [0.2, 0.25) is 0 Å². The van der Waals surface area contributed by atoms with Gasteiger partial charge < -0.3 is 15.5 Å². The quantitative estimate of drug-likeness (QED) is 0.891. The van der Waals surface area contributed by atoms with Gasteiger partial charge in [-0.3, -0.25) is 4.79 Å². The van der Waals surface area contributed by atoms with Crippen LogP contribution in [0.5, 0.6) is 0 Å². The number of fused-ring (bicyclic) bond motifs is 2. The number of pyridine rings is 1. The maximum absolute atomic E-state index is 12.5. The van der Waals surface area contributed by atoms with Crippen LogP contribution in [-0.2, 0) is 0 Å². The predicted octanol–water partition coefficient (Wildman–Crippen LogP) is 1.87. The lowest BCUT2D eigenvalue weighted by Gasteiger charge is -2.47. The van der Waals surface area contributed by atoms with Gasteiger partial charge in [-0.05, 0) is 44.9 Å². The minimum Gasteiger partial charge on any atom is -0.372 e. The molecule has 1 amide bonds. The Balaban J connectivity index is 1.68. The molecule has 0 aliphatic carbocycles. The topological polar surface area (TPSA) is 57.3 Å². The van der Waals surface area contributed by atoms with Gasteiger partial charge in [-0.2, -0.15) is 0 Å². The van der Waals surface area contributed by atoms with E-state index in [4.69, 9.17) is 0 Å². The number of hydrogen-bond acceptors (Lipinski definition) is 4. The van der Waals surface area contributed by atoms with Crippen molar-refractivity contribution in [3.8, 4) is 0 Å². The molecule has 2 aliphatic rings. The molecule has 2 bridgehead atoms. The standard InChI is InChI=1S/C16H24N4O/c1-17-15-14(7-4-8-18-15)16(21)19-11-9-12-5-3-6-13(10-11)20(12)2/h4,7-8,11-13H,3,5-6,9-10H2,1-2H3,(H,17,18)(H,19,21). The number of carbonyl (C=O) groups excluding carboxylic acids is 1. The van der Waals surface area contributed by atoms with Crippen molar-refractivity contribution in [3.63, 3.8) is 0 Å². The van der Waals surface area contributed by atoms with Crippen LogP contribution in [0.1, 0.15) is 42.5 Å². The van der Waals surface area contributed by atoms with Crippen LogP contribution in [0, 0.1) is 0 Å². The summed E-state index contributed by atoms with van der Waals surface area (Å²) in [5.74, 6) is 0.628. The van der Waals surface area contributed by atoms with Gasteiger partial charge in [0.2, 0.25) is 0 Å². The number of nitrogens with one attached hydrogen (secondary N) is 2. The number of piperidine rings is 2. The number of carbonyl (C=O) groups is 1. The van der Waals surface area contributed by atoms with Gasteiger partial charge in [0.05, 0.1) is 5.56 Å². The van der Waals surface area contributed by atoms with Crippen molar-refractivity contribution in [3.05, 3.63) is 23.9 Å². The molecular weight excluding hydrogens is 264 g/mol. The van der Waals surface area contributed by atoms with Crippen LogP contribution in [0.25, 0.3) is 0 Å². The highest BCUT2D eigenvalue weighted by Gasteiger charge is 2.36. The first-order chi connectivity index (χ1) is 10.2. The Hall–Kier alpha value is -1.62. The van der Waals surface area contributed by atoms with Crippen molar-refractivity contribution < 1.29 is 4.79 Å². The van der Waals surface area contributed by atoms with Crippen LogP contribution in [-0.4, -0.2) is 48.0 Å². The fourth-order valence-electron chi connectivity index (χ4n) is 3.78. The van der Waals surface area contributed by atoms with E-state index >= 15 is 0 Å². The highest BCUT2D eigenvalue weighted by molar-refractivity contribution is 5.98. The van der Waals surface area contributed by atoms with Crippen LogP contribution < -0.4 is 10.6 Å². The van der Waals surface area contributed by atoms with E-state index in [1.807, 2.05) is 6.07 Å². The van der Waals surface area contributed by atoms with E-state index in [-0.39, 0.29) is 11.9 Å². The minimum atomic E-state index is -0.0138. The summed E-state index contributed by atoms with van der Waals surface area (Å²) >= 11 is 0. The zero-order chi connectivity index (χ0) is 14.8. The number of hydrogen-bond donors (Lipinski definition) is 2. The molecule has 0 spiro atoms. The molecule has 0 aromatic carbocycles. The summed E-state index contributed by atoms with van der Waals surface area (Å²) in [6.07, 6.45) is 7.67. The molecule has 2 fully saturated rings. The number of rotatable bonds is 3. The third-order valence-corrected chi connectivity index (χ3v) is 4.96. The molecule has 0 saturated carbocycles. The summed E-state index contributed by atoms with van der Waals surface area (Å²) in [5, 5.41) is 6.19. The van der Waals surface area contributed by atoms with Gasteiger partial charge in [-0.1, -0.05) is 6.42 Å². The smallest absolute Gasteiger partial charge is 0.255 e. The van der Waals surface area contributed by atoms with Gasteiger partial charge >= 0.3 is 0 Å². The lowest BCUT2D eigenvalue weighted by Crippen LogP contribution is -2.55. The molecule has 1 aromatic heterocycles. The average molecular weight is 288 g/mol. The summed E-state index contributed by atoms with van der Waals surface area (Å²) < 4.78 is 0. The zero-order valence-electron chi connectivity index (χ0n) is 12.8. The molecule has 5 nitrogen and oxygen atoms in total. The van der Waals surface area contributed by atoms with Gasteiger partial charge in [-0.15, -0.1) is 0 Å². The normalized spacial score (nSPS) is 29.0. The van der Waals surface area contributed by atoms with E-state index in [1.54, 1.807) is 19.3 Å². The van der Waals surface area contributed by atoms with Crippen molar-refractivity contribution in [2.45, 2.75) is 50.2 Å². The maximum Gasteiger partial charge on any atom is 0.255 e. The molecular formula is C16H24N4O. The van der Waals surface area contributed by atoms with Gasteiger partial charge in [0, 0.05) is 31.4 Å². The van der Waals surface area contributed by atoms with Crippen molar-refractivity contribution in [1.29, 1.82) is 0 Å². The Morgan fingerprint density at radius 1 is 1.33 bits per heavy atom. The number of nitrogens with zero attached hydrogens (tertiary/aromatic N) is 2. The number of amides is 1. The molecule has 0 radical (unpaired) electrons. The van der Waals surface area contributed by atoms with Crippen LogP contribution in [0.3, 0.4) is 0 Å². The fraction of sp³-hybridized carbons (Fsp3) is 0.625. The molecule has 1 aromatic rings. The van der Waals surface area contributed by atoms with E-state index < -0.39 is 0 Å². The van der Waals surface area contributed by atoms with Gasteiger partial charge in [0.15, 0.2) is 0 Å². The summed E-state index contributed by atoms with van der Waals surface area (Å²) in [6, 6.07) is 5.16. The number of aromatic nitrogens is 1. The first-order valence-electron chi connectivity index (χ1n) is 7.84. The second-order valence-corrected chi connectivity index (χ2v) is 6.20. The van der Waals surface area contributed by atoms with E-state index in [1.165, 1.54) is 19.3 Å². The number of anilines is 1. The second-order valence-electron chi connectivity index (χ2n) is 6.20. The molecule has 3 rings (SSSR count). The molecule has 2 N–H and O–H groups in total. The minimum absolute atomic E-state index is 0.0138. The second kappa shape index (κ2) is 6.02. The van der Waals surface area contributed by atoms with E-state index in [0.717, 1.165) is 12.8 Å². The van der Waals surface area contributed by atoms with Crippen molar-refractivity contribution in [2.24, 2.45) is 0 Å². The first kappa shape index (κ1) is 14.3. The Labute approximate surface area is 126 Å². The summed E-state index contributed by atoms with van der Waals surface area (Å²) in [4.78, 5) is 19.2. The van der Waals surface area contributed by atoms with Crippen molar-refractivity contribution >= 4 is 11.7 Å². The van der Waals surface area contributed by atoms with Gasteiger partial charge in [0.25, 0.3) is 5.91 Å². The highest BCUT2D eigenvalue weighted by Crippen LogP contribution is 2.32. The Bertz CT molecular complexity index is 505. The van der Waals surface area contributed by atoms with Crippen LogP contribution in [0.15, 0.2) is 18.3 Å². The zero-order valence-corrected chi connectivity index (χ0v) is 12.8. The SMILES string of the molecule is CNc1ncccc1C(=O)NC1CC2CCCC(C1)N2C. The molecule has 5 heteroatoms. The highest BCUT2D eigenvalue weighted by atomic mass is 16.1. The average Bonchev–Trinajstić information content (AvgIpc) is 2.48. The third-order valence-electron chi connectivity index (χ3n) is 4.96. The van der Waals surface area contributed by atoms with Crippen LogP contribution in [0.4, 0.5) is 5.82 Å². The molecule has 2 atom stereocenters. The summed E-state index contributed by atoms with van der Waals surface area (Å²) in [7, 11) is 4.02. The Morgan fingerprint density at radius 2 is 2.05 bits per heavy atom. The van der Waals surface area contributed by atoms with Gasteiger partial charge in [0.1, 0.15) is 5.82 Å². The van der Waals surface area contributed by atoms with E-state index in [2.05, 4.69) is 27.6 Å². The molecule has 114 valence electrons. The third kappa shape index (κ3) is 2.88. The van der Waals surface area contributed by atoms with Gasteiger partial charge in [-0.25, -0.2) is 4.98 Å². The molecule has 21 heavy (non-hydrogen) atoms. The summed E-state index contributed by atoms with van der Waals surface area (Å²) in [5.41, 5.74) is 0.629. The summed E-state index contributed by atoms with van der Waals surface area (Å²) in [6.45, 7) is 0. The molecule has 2 aliphatic heterocycles. The van der Waals surface area contributed by atoms with E-state index in [0.29, 0.717) is 23.5 Å². The predicted molar refractivity (Wildman–Crippen MR) is 83.5 cm³/mol. The molecule has 2 unspecified atom stereocenters. The van der Waals surface area contributed by atoms with Crippen molar-refractivity contribution in [1.82, 2.24) is 15.2 Å².